The Kier molecular flexibility index (Phi) is 7.51. The molecule has 0 aliphatic carbocycles. The molecule has 0 fully saturated rings. The summed E-state index contributed by atoms with van der Waals surface area (Å²) >= 11 is 1.65. The number of ether oxygens (including phenoxy) is 1. The number of rotatable bonds is 9. The summed E-state index contributed by atoms with van der Waals surface area (Å²) in [5.41, 5.74) is 9.93. The molecular formula is C21H29NO2S. The molecule has 2 rings (SSSR count). The Balaban J connectivity index is 2.39. The second-order valence-corrected chi connectivity index (χ2v) is 7.42. The van der Waals surface area contributed by atoms with Crippen molar-refractivity contribution in [3.63, 3.8) is 0 Å². The zero-order valence-corrected chi connectivity index (χ0v) is 16.3. The van der Waals surface area contributed by atoms with E-state index in [0.717, 1.165) is 24.0 Å². The molecule has 1 aromatic heterocycles. The lowest BCUT2D eigenvalue weighted by Gasteiger charge is -2.21. The fourth-order valence-corrected chi connectivity index (χ4v) is 3.98. The van der Waals surface area contributed by atoms with Crippen molar-refractivity contribution in [1.29, 1.82) is 0 Å². The summed E-state index contributed by atoms with van der Waals surface area (Å²) in [6, 6.07) is 5.96. The van der Waals surface area contributed by atoms with Gasteiger partial charge < -0.3 is 10.5 Å². The van der Waals surface area contributed by atoms with E-state index in [-0.39, 0.29) is 0 Å². The number of unbranched alkanes of at least 4 members (excludes halogenated alkanes) is 2. The lowest BCUT2D eigenvalue weighted by Crippen LogP contribution is -2.17. The van der Waals surface area contributed by atoms with Crippen LogP contribution in [0.5, 0.6) is 5.75 Å². The Hall–Kier alpha value is -1.81. The molecule has 1 heterocycles. The SMILES string of the molecule is CCCCCC(CC)Cc1c(C)ccc(OC(N)=O)c1-c1ccsc1. The van der Waals surface area contributed by atoms with Crippen molar-refractivity contribution in [2.45, 2.75) is 59.3 Å². The van der Waals surface area contributed by atoms with E-state index >= 15 is 0 Å². The first-order valence-corrected chi connectivity index (χ1v) is 10.1. The molecule has 0 aliphatic heterocycles. The zero-order chi connectivity index (χ0) is 18.2. The molecule has 0 saturated carbocycles. The van der Waals surface area contributed by atoms with E-state index in [4.69, 9.17) is 10.5 Å². The third-order valence-corrected chi connectivity index (χ3v) is 5.50. The average molecular weight is 360 g/mol. The predicted molar refractivity (Wildman–Crippen MR) is 106 cm³/mol. The van der Waals surface area contributed by atoms with Gasteiger partial charge in [0.1, 0.15) is 5.75 Å². The second kappa shape index (κ2) is 9.62. The first kappa shape index (κ1) is 19.5. The van der Waals surface area contributed by atoms with Crippen molar-refractivity contribution in [3.8, 4) is 16.9 Å². The lowest BCUT2D eigenvalue weighted by molar-refractivity contribution is 0.211. The van der Waals surface area contributed by atoms with Crippen molar-refractivity contribution in [3.05, 3.63) is 40.1 Å². The molecule has 0 spiro atoms. The number of thiophene rings is 1. The van der Waals surface area contributed by atoms with Crippen LogP contribution < -0.4 is 10.5 Å². The highest BCUT2D eigenvalue weighted by molar-refractivity contribution is 7.08. The van der Waals surface area contributed by atoms with E-state index in [1.165, 1.54) is 36.8 Å². The third-order valence-electron chi connectivity index (χ3n) is 4.82. The molecule has 1 amide bonds. The largest absolute Gasteiger partial charge is 0.410 e. The fraction of sp³-hybridized carbons (Fsp3) is 0.476. The molecule has 1 unspecified atom stereocenters. The molecule has 0 saturated heterocycles. The van der Waals surface area contributed by atoms with E-state index in [0.29, 0.717) is 11.7 Å². The molecular weight excluding hydrogens is 330 g/mol. The standard InChI is InChI=1S/C21H29NO2S/c1-4-6-7-8-16(5-2)13-18-15(3)9-10-19(24-21(22)23)20(18)17-11-12-25-14-17/h9-12,14,16H,4-8,13H2,1-3H3,(H2,22,23). The van der Waals surface area contributed by atoms with Gasteiger partial charge in [-0.05, 0) is 58.8 Å². The van der Waals surface area contributed by atoms with Crippen molar-refractivity contribution >= 4 is 17.4 Å². The maximum atomic E-state index is 11.3. The van der Waals surface area contributed by atoms with Gasteiger partial charge in [0.15, 0.2) is 0 Å². The van der Waals surface area contributed by atoms with Crippen LogP contribution in [0.15, 0.2) is 29.0 Å². The minimum Gasteiger partial charge on any atom is -0.410 e. The first-order chi connectivity index (χ1) is 12.1. The Morgan fingerprint density at radius 3 is 2.64 bits per heavy atom. The quantitative estimate of drug-likeness (QED) is 0.532. The van der Waals surface area contributed by atoms with Crippen LogP contribution in [0.4, 0.5) is 4.79 Å². The van der Waals surface area contributed by atoms with Crippen molar-refractivity contribution < 1.29 is 9.53 Å². The summed E-state index contributed by atoms with van der Waals surface area (Å²) in [4.78, 5) is 11.3. The number of carbonyl (C=O) groups is 1. The van der Waals surface area contributed by atoms with Crippen LogP contribution in [-0.2, 0) is 6.42 Å². The van der Waals surface area contributed by atoms with Crippen LogP contribution in [0.25, 0.3) is 11.1 Å². The molecule has 0 radical (unpaired) electrons. The maximum absolute atomic E-state index is 11.3. The van der Waals surface area contributed by atoms with E-state index < -0.39 is 6.09 Å². The van der Waals surface area contributed by atoms with Gasteiger partial charge in [0.2, 0.25) is 0 Å². The molecule has 4 heteroatoms. The van der Waals surface area contributed by atoms with Crippen molar-refractivity contribution in [2.75, 3.05) is 0 Å². The Labute approximate surface area is 155 Å². The van der Waals surface area contributed by atoms with E-state index in [9.17, 15) is 4.79 Å². The highest BCUT2D eigenvalue weighted by Crippen LogP contribution is 2.38. The van der Waals surface area contributed by atoms with Crippen LogP contribution in [0, 0.1) is 12.8 Å². The molecule has 2 aromatic rings. The van der Waals surface area contributed by atoms with Crippen LogP contribution in [0.3, 0.4) is 0 Å². The predicted octanol–water partition coefficient (Wildman–Crippen LogP) is 6.33. The van der Waals surface area contributed by atoms with Crippen LogP contribution >= 0.6 is 11.3 Å². The topological polar surface area (TPSA) is 52.3 Å². The van der Waals surface area contributed by atoms with E-state index in [1.54, 1.807) is 11.3 Å². The summed E-state index contributed by atoms with van der Waals surface area (Å²) in [6.07, 6.45) is 6.46. The highest BCUT2D eigenvalue weighted by atomic mass is 32.1. The second-order valence-electron chi connectivity index (χ2n) is 6.64. The maximum Gasteiger partial charge on any atom is 0.409 e. The van der Waals surface area contributed by atoms with Gasteiger partial charge in [-0.3, -0.25) is 0 Å². The number of hydrogen-bond acceptors (Lipinski definition) is 3. The van der Waals surface area contributed by atoms with Crippen molar-refractivity contribution in [2.24, 2.45) is 11.7 Å². The van der Waals surface area contributed by atoms with Gasteiger partial charge in [0.25, 0.3) is 0 Å². The van der Waals surface area contributed by atoms with Gasteiger partial charge in [0.05, 0.1) is 0 Å². The lowest BCUT2D eigenvalue weighted by atomic mass is 9.86. The van der Waals surface area contributed by atoms with E-state index in [2.05, 4.69) is 32.2 Å². The van der Waals surface area contributed by atoms with Gasteiger partial charge >= 0.3 is 6.09 Å². The van der Waals surface area contributed by atoms with Crippen molar-refractivity contribution in [1.82, 2.24) is 0 Å². The Morgan fingerprint density at radius 1 is 1.24 bits per heavy atom. The molecule has 25 heavy (non-hydrogen) atoms. The Bertz CT molecular complexity index is 679. The molecule has 0 bridgehead atoms. The summed E-state index contributed by atoms with van der Waals surface area (Å²) in [5.74, 6) is 1.21. The van der Waals surface area contributed by atoms with Gasteiger partial charge in [-0.2, -0.15) is 11.3 Å². The fourth-order valence-electron chi connectivity index (χ4n) is 3.33. The molecule has 1 aromatic carbocycles. The van der Waals surface area contributed by atoms with E-state index in [1.807, 2.05) is 17.5 Å². The number of nitrogens with two attached hydrogens (primary N) is 1. The zero-order valence-electron chi connectivity index (χ0n) is 15.5. The summed E-state index contributed by atoms with van der Waals surface area (Å²) in [5, 5.41) is 4.15. The van der Waals surface area contributed by atoms with Crippen LogP contribution in [-0.4, -0.2) is 6.09 Å². The number of aryl methyl sites for hydroxylation is 1. The number of primary amides is 1. The minimum absolute atomic E-state index is 0.565. The van der Waals surface area contributed by atoms with Gasteiger partial charge in [0, 0.05) is 5.56 Å². The monoisotopic (exact) mass is 359 g/mol. The summed E-state index contributed by atoms with van der Waals surface area (Å²) < 4.78 is 5.32. The number of benzene rings is 1. The van der Waals surface area contributed by atoms with Gasteiger partial charge in [-0.25, -0.2) is 4.79 Å². The number of hydrogen-bond donors (Lipinski definition) is 1. The molecule has 3 nitrogen and oxygen atoms in total. The normalized spacial score (nSPS) is 12.1. The number of carbonyl (C=O) groups excluding carboxylic acids is 1. The molecule has 136 valence electrons. The van der Waals surface area contributed by atoms with Crippen LogP contribution in [0.1, 0.15) is 57.1 Å². The first-order valence-electron chi connectivity index (χ1n) is 9.19. The summed E-state index contributed by atoms with van der Waals surface area (Å²) in [6.45, 7) is 6.64. The van der Waals surface area contributed by atoms with Crippen LogP contribution in [0.2, 0.25) is 0 Å². The third kappa shape index (κ3) is 5.33. The van der Waals surface area contributed by atoms with Gasteiger partial charge in [-0.1, -0.05) is 52.0 Å². The Morgan fingerprint density at radius 2 is 2.04 bits per heavy atom. The minimum atomic E-state index is -0.763. The molecule has 2 N–H and O–H groups in total. The molecule has 1 atom stereocenters. The smallest absolute Gasteiger partial charge is 0.409 e. The summed E-state index contributed by atoms with van der Waals surface area (Å²) in [7, 11) is 0. The average Bonchev–Trinajstić information content (AvgIpc) is 3.10. The number of amides is 1. The van der Waals surface area contributed by atoms with Gasteiger partial charge in [-0.15, -0.1) is 0 Å². The highest BCUT2D eigenvalue weighted by Gasteiger charge is 2.19. The molecule has 0 aliphatic rings.